The average Bonchev–Trinajstić information content (AvgIpc) is 2.92. The number of carbonyl (C=O) groups is 1. The minimum absolute atomic E-state index is 0.0418. The Labute approximate surface area is 125 Å². The van der Waals surface area contributed by atoms with Gasteiger partial charge in [-0.05, 0) is 24.5 Å². The number of hydrogen-bond donors (Lipinski definition) is 2. The summed E-state index contributed by atoms with van der Waals surface area (Å²) in [6, 6.07) is 2.18. The van der Waals surface area contributed by atoms with Gasteiger partial charge in [-0.25, -0.2) is 4.39 Å². The summed E-state index contributed by atoms with van der Waals surface area (Å²) in [5.74, 6) is -2.88. The molecule has 22 heavy (non-hydrogen) atoms. The molecule has 0 bridgehead atoms. The molecule has 2 aromatic rings. The summed E-state index contributed by atoms with van der Waals surface area (Å²) in [6.07, 6.45) is 0.696. The van der Waals surface area contributed by atoms with E-state index in [0.29, 0.717) is 12.3 Å². The number of amides is 1. The number of nitrogens with zero attached hydrogens (tertiary/aromatic N) is 2. The molecule has 1 heterocycles. The molecule has 118 valence electrons. The van der Waals surface area contributed by atoms with Crippen molar-refractivity contribution >= 4 is 5.91 Å². The molecule has 0 spiro atoms. The zero-order valence-electron chi connectivity index (χ0n) is 12.2. The lowest BCUT2D eigenvalue weighted by Gasteiger charge is -2.10. The molecule has 6 nitrogen and oxygen atoms in total. The van der Waals surface area contributed by atoms with Gasteiger partial charge < -0.3 is 10.5 Å². The second-order valence-corrected chi connectivity index (χ2v) is 5.19. The summed E-state index contributed by atoms with van der Waals surface area (Å²) in [5.41, 5.74) is 5.20. The topological polar surface area (TPSA) is 93.9 Å². The Morgan fingerprint density at radius 2 is 2.09 bits per heavy atom. The van der Waals surface area contributed by atoms with Crippen molar-refractivity contribution in [3.05, 3.63) is 29.5 Å². The third-order valence-corrected chi connectivity index (χ3v) is 3.00. The van der Waals surface area contributed by atoms with E-state index < -0.39 is 17.5 Å². The van der Waals surface area contributed by atoms with Crippen LogP contribution < -0.4 is 10.5 Å². The van der Waals surface area contributed by atoms with E-state index in [1.54, 1.807) is 0 Å². The van der Waals surface area contributed by atoms with Gasteiger partial charge in [-0.1, -0.05) is 13.8 Å². The lowest BCUT2D eigenvalue weighted by atomic mass is 10.1. The molecule has 1 aromatic heterocycles. The van der Waals surface area contributed by atoms with Gasteiger partial charge in [-0.3, -0.25) is 4.79 Å². The van der Waals surface area contributed by atoms with Gasteiger partial charge >= 0.3 is 0 Å². The van der Waals surface area contributed by atoms with E-state index in [4.69, 9.17) is 10.5 Å². The highest BCUT2D eigenvalue weighted by molar-refractivity contribution is 5.96. The fourth-order valence-electron chi connectivity index (χ4n) is 1.81. The Balaban J connectivity index is 2.35. The molecule has 0 unspecified atom stereocenters. The van der Waals surface area contributed by atoms with E-state index in [-0.39, 0.29) is 29.3 Å². The molecule has 3 N–H and O–H groups in total. The number of ether oxygens (including phenoxy) is 1. The highest BCUT2D eigenvalue weighted by atomic mass is 19.2. The quantitative estimate of drug-likeness (QED) is 0.856. The van der Waals surface area contributed by atoms with Crippen LogP contribution in [0.2, 0.25) is 0 Å². The minimum Gasteiger partial charge on any atom is -0.490 e. The van der Waals surface area contributed by atoms with E-state index in [0.717, 1.165) is 6.07 Å². The SMILES string of the molecule is CC(C)CCOc1cc(-c2n[nH]nc2C(N)=O)cc(F)c1F. The molecule has 0 aliphatic carbocycles. The van der Waals surface area contributed by atoms with E-state index >= 15 is 0 Å². The molecule has 8 heteroatoms. The zero-order valence-corrected chi connectivity index (χ0v) is 12.2. The van der Waals surface area contributed by atoms with E-state index in [9.17, 15) is 13.6 Å². The zero-order chi connectivity index (χ0) is 16.3. The Hall–Kier alpha value is -2.51. The first-order chi connectivity index (χ1) is 10.4. The predicted molar refractivity (Wildman–Crippen MR) is 75.2 cm³/mol. The number of primary amides is 1. The van der Waals surface area contributed by atoms with Gasteiger partial charge in [0, 0.05) is 5.56 Å². The summed E-state index contributed by atoms with van der Waals surface area (Å²) in [4.78, 5) is 11.2. The maximum atomic E-state index is 13.8. The average molecular weight is 310 g/mol. The molecule has 0 saturated carbocycles. The van der Waals surface area contributed by atoms with E-state index in [1.165, 1.54) is 6.07 Å². The first-order valence-corrected chi connectivity index (χ1v) is 6.73. The van der Waals surface area contributed by atoms with Crippen molar-refractivity contribution in [3.8, 4) is 17.0 Å². The number of H-pyrrole nitrogens is 1. The van der Waals surface area contributed by atoms with Crippen LogP contribution in [0.4, 0.5) is 8.78 Å². The van der Waals surface area contributed by atoms with E-state index in [2.05, 4.69) is 15.4 Å². The van der Waals surface area contributed by atoms with Crippen LogP contribution in [0.5, 0.6) is 5.75 Å². The Kier molecular flexibility index (Phi) is 4.69. The standard InChI is InChI=1S/C14H16F2N4O2/c1-7(2)3-4-22-10-6-8(5-9(15)11(10)16)12-13(14(17)21)19-20-18-12/h5-7H,3-4H2,1-2H3,(H2,17,21)(H,18,19,20). The number of hydrogen-bond acceptors (Lipinski definition) is 4. The van der Waals surface area contributed by atoms with Gasteiger partial charge in [-0.2, -0.15) is 19.8 Å². The largest absolute Gasteiger partial charge is 0.490 e. The highest BCUT2D eigenvalue weighted by Gasteiger charge is 2.19. The number of aromatic amines is 1. The normalized spacial score (nSPS) is 11.0. The smallest absolute Gasteiger partial charge is 0.271 e. The number of nitrogens with two attached hydrogens (primary N) is 1. The van der Waals surface area contributed by atoms with Crippen molar-refractivity contribution in [3.63, 3.8) is 0 Å². The first-order valence-electron chi connectivity index (χ1n) is 6.73. The van der Waals surface area contributed by atoms with Crippen LogP contribution in [-0.4, -0.2) is 27.9 Å². The number of aromatic nitrogens is 3. The summed E-state index contributed by atoms with van der Waals surface area (Å²) in [6.45, 7) is 4.23. The molecule has 1 aromatic carbocycles. The molecule has 0 atom stereocenters. The molecule has 0 aliphatic heterocycles. The minimum atomic E-state index is -1.10. The molecule has 1 amide bonds. The third-order valence-electron chi connectivity index (χ3n) is 3.00. The predicted octanol–water partition coefficient (Wildman–Crippen LogP) is 2.27. The van der Waals surface area contributed by atoms with Crippen LogP contribution in [0.1, 0.15) is 30.8 Å². The van der Waals surface area contributed by atoms with Gasteiger partial charge in [0.05, 0.1) is 6.61 Å². The number of carbonyl (C=O) groups excluding carboxylic acids is 1. The van der Waals surface area contributed by atoms with Gasteiger partial charge in [0.2, 0.25) is 5.82 Å². The van der Waals surface area contributed by atoms with Crippen LogP contribution in [-0.2, 0) is 0 Å². The van der Waals surface area contributed by atoms with Crippen molar-refractivity contribution < 1.29 is 18.3 Å². The van der Waals surface area contributed by atoms with Gasteiger partial charge in [-0.15, -0.1) is 0 Å². The van der Waals surface area contributed by atoms with Gasteiger partial charge in [0.1, 0.15) is 5.69 Å². The number of nitrogens with one attached hydrogen (secondary N) is 1. The highest BCUT2D eigenvalue weighted by Crippen LogP contribution is 2.29. The summed E-state index contributed by atoms with van der Waals surface area (Å²) >= 11 is 0. The van der Waals surface area contributed by atoms with Gasteiger partial charge in [0.15, 0.2) is 17.3 Å². The van der Waals surface area contributed by atoms with E-state index in [1.807, 2.05) is 13.8 Å². The van der Waals surface area contributed by atoms with Crippen LogP contribution in [0, 0.1) is 17.6 Å². The molecule has 2 rings (SSSR count). The van der Waals surface area contributed by atoms with Crippen molar-refractivity contribution in [2.75, 3.05) is 6.61 Å². The molecule has 0 fully saturated rings. The number of benzene rings is 1. The fourth-order valence-corrected chi connectivity index (χ4v) is 1.81. The summed E-state index contributed by atoms with van der Waals surface area (Å²) < 4.78 is 32.8. The molecule has 0 aliphatic rings. The molecule has 0 radical (unpaired) electrons. The second kappa shape index (κ2) is 6.50. The summed E-state index contributed by atoms with van der Waals surface area (Å²) in [5, 5.41) is 9.57. The maximum absolute atomic E-state index is 13.8. The van der Waals surface area contributed by atoms with Crippen molar-refractivity contribution in [2.24, 2.45) is 11.7 Å². The Bertz CT molecular complexity index is 685. The fraction of sp³-hybridized carbons (Fsp3) is 0.357. The lowest BCUT2D eigenvalue weighted by Crippen LogP contribution is -2.13. The molecule has 0 saturated heterocycles. The first kappa shape index (κ1) is 15.9. The Morgan fingerprint density at radius 3 is 2.73 bits per heavy atom. The van der Waals surface area contributed by atoms with Crippen LogP contribution in [0.15, 0.2) is 12.1 Å². The van der Waals surface area contributed by atoms with Crippen LogP contribution >= 0.6 is 0 Å². The molecular formula is C14H16F2N4O2. The van der Waals surface area contributed by atoms with Crippen LogP contribution in [0.3, 0.4) is 0 Å². The monoisotopic (exact) mass is 310 g/mol. The van der Waals surface area contributed by atoms with Crippen molar-refractivity contribution in [1.29, 1.82) is 0 Å². The third kappa shape index (κ3) is 3.38. The Morgan fingerprint density at radius 1 is 1.36 bits per heavy atom. The maximum Gasteiger partial charge on any atom is 0.271 e. The number of halogens is 2. The molecular weight excluding hydrogens is 294 g/mol. The second-order valence-electron chi connectivity index (χ2n) is 5.19. The van der Waals surface area contributed by atoms with Gasteiger partial charge in [0.25, 0.3) is 5.91 Å². The van der Waals surface area contributed by atoms with Crippen LogP contribution in [0.25, 0.3) is 11.3 Å². The van der Waals surface area contributed by atoms with Crippen molar-refractivity contribution in [2.45, 2.75) is 20.3 Å². The van der Waals surface area contributed by atoms with Crippen molar-refractivity contribution in [1.82, 2.24) is 15.4 Å². The lowest BCUT2D eigenvalue weighted by molar-refractivity contribution is 0.0996. The summed E-state index contributed by atoms with van der Waals surface area (Å²) in [7, 11) is 0. The number of rotatable bonds is 6.